The number of carboxylic acids is 1. The lowest BCUT2D eigenvalue weighted by Crippen LogP contribution is -2.73. The Balaban J connectivity index is 1.18. The summed E-state index contributed by atoms with van der Waals surface area (Å²) in [4.78, 5) is 29.9. The van der Waals surface area contributed by atoms with E-state index >= 15 is 0 Å². The fraction of sp³-hybridized carbons (Fsp3) is 0.321. The number of pyridine rings is 1. The molecule has 4 aromatic rings. The highest BCUT2D eigenvalue weighted by Crippen LogP contribution is 2.81. The number of hydrogen-bond acceptors (Lipinski definition) is 3. The van der Waals surface area contributed by atoms with Crippen molar-refractivity contribution in [1.82, 2.24) is 14.9 Å². The molecule has 34 heavy (non-hydrogen) atoms. The topological polar surface area (TPSA) is 84.2 Å². The molecule has 170 valence electrons. The third kappa shape index (κ3) is 2.59. The van der Waals surface area contributed by atoms with Crippen LogP contribution in [-0.2, 0) is 11.3 Å². The minimum absolute atomic E-state index is 0.0219. The Morgan fingerprint density at radius 3 is 2.47 bits per heavy atom. The van der Waals surface area contributed by atoms with Crippen molar-refractivity contribution in [3.05, 3.63) is 78.1 Å². The first-order chi connectivity index (χ1) is 16.4. The van der Waals surface area contributed by atoms with E-state index in [1.807, 2.05) is 54.7 Å². The number of hydrogen-bond donors (Lipinski definition) is 2. The number of aromatic nitrogens is 2. The van der Waals surface area contributed by atoms with Crippen LogP contribution in [0.15, 0.2) is 66.9 Å². The molecule has 4 aliphatic carbocycles. The minimum Gasteiger partial charge on any atom is -0.481 e. The number of carbonyl (C=O) groups excluding carboxylic acids is 1. The predicted octanol–water partition coefficient (Wildman–Crippen LogP) is 4.76. The number of carbonyl (C=O) groups is 2. The van der Waals surface area contributed by atoms with Gasteiger partial charge >= 0.3 is 5.97 Å². The molecule has 6 heteroatoms. The number of nitrogens with one attached hydrogen (secondary N) is 1. The Morgan fingerprint density at radius 1 is 0.941 bits per heavy atom. The first-order valence-corrected chi connectivity index (χ1v) is 11.9. The van der Waals surface area contributed by atoms with Crippen molar-refractivity contribution in [3.63, 3.8) is 0 Å². The number of aliphatic carboxylic acids is 1. The summed E-state index contributed by atoms with van der Waals surface area (Å²) in [6.45, 7) is 0.578. The number of nitrogens with zero attached hydrogens (tertiary/aromatic N) is 2. The monoisotopic (exact) mass is 451 g/mol. The maximum Gasteiger partial charge on any atom is 0.309 e. The molecule has 6 nitrogen and oxygen atoms in total. The van der Waals surface area contributed by atoms with E-state index in [0.29, 0.717) is 31.4 Å². The van der Waals surface area contributed by atoms with Crippen LogP contribution in [0.1, 0.15) is 48.2 Å². The zero-order valence-corrected chi connectivity index (χ0v) is 18.8. The highest BCUT2D eigenvalue weighted by atomic mass is 16.4. The average molecular weight is 452 g/mol. The van der Waals surface area contributed by atoms with Gasteiger partial charge in [0.1, 0.15) is 0 Å². The molecule has 0 radical (unpaired) electrons. The van der Waals surface area contributed by atoms with Crippen molar-refractivity contribution in [3.8, 4) is 0 Å². The molecule has 8 rings (SSSR count). The second-order valence-corrected chi connectivity index (χ2v) is 10.6. The standard InChI is InChI=1S/C28H25N3O3/c32-24(30-28(11-12-28)27-15-26(16-27,17-27)25(33)34)21-6-3-5-19-10-13-31(23(19)21)14-20-9-8-18-4-1-2-7-22(18)29-20/h1-10,13H,11-12,14-17H2,(H,30,32)(H,33,34). The quantitative estimate of drug-likeness (QED) is 0.443. The van der Waals surface area contributed by atoms with Gasteiger partial charge in [0.15, 0.2) is 0 Å². The van der Waals surface area contributed by atoms with Crippen LogP contribution in [0.25, 0.3) is 21.8 Å². The molecule has 2 aromatic carbocycles. The molecule has 0 saturated heterocycles. The Morgan fingerprint density at radius 2 is 1.71 bits per heavy atom. The van der Waals surface area contributed by atoms with E-state index in [1.54, 1.807) is 0 Å². The fourth-order valence-corrected chi connectivity index (χ4v) is 6.67. The van der Waals surface area contributed by atoms with Crippen molar-refractivity contribution >= 4 is 33.7 Å². The van der Waals surface area contributed by atoms with Gasteiger partial charge in [-0.05, 0) is 61.8 Å². The molecule has 4 fully saturated rings. The fourth-order valence-electron chi connectivity index (χ4n) is 6.67. The summed E-state index contributed by atoms with van der Waals surface area (Å²) in [6.07, 6.45) is 5.99. The van der Waals surface area contributed by atoms with E-state index in [2.05, 4.69) is 22.0 Å². The molecule has 0 aliphatic heterocycles. The normalized spacial score (nSPS) is 26.0. The molecule has 0 atom stereocenters. The molecule has 4 aliphatic rings. The maximum atomic E-state index is 13.6. The van der Waals surface area contributed by atoms with Gasteiger partial charge < -0.3 is 15.0 Å². The van der Waals surface area contributed by atoms with E-state index in [9.17, 15) is 14.7 Å². The van der Waals surface area contributed by atoms with Crippen molar-refractivity contribution in [2.75, 3.05) is 0 Å². The molecule has 0 unspecified atom stereocenters. The summed E-state index contributed by atoms with van der Waals surface area (Å²) in [5.41, 5.74) is 2.69. The first kappa shape index (κ1) is 19.8. The number of carboxylic acid groups (broad SMARTS) is 1. The second kappa shape index (κ2) is 6.47. The molecule has 0 spiro atoms. The van der Waals surface area contributed by atoms with Gasteiger partial charge in [-0.3, -0.25) is 14.6 Å². The van der Waals surface area contributed by atoms with Crippen LogP contribution in [0, 0.1) is 10.8 Å². The highest BCUT2D eigenvalue weighted by molar-refractivity contribution is 6.06. The summed E-state index contributed by atoms with van der Waals surface area (Å²) >= 11 is 0. The number of fused-ring (bicyclic) bond motifs is 2. The minimum atomic E-state index is -0.679. The van der Waals surface area contributed by atoms with Crippen LogP contribution in [0.4, 0.5) is 0 Å². The number of para-hydroxylation sites is 2. The average Bonchev–Trinajstić information content (AvgIpc) is 3.42. The van der Waals surface area contributed by atoms with Crippen LogP contribution < -0.4 is 5.32 Å². The smallest absolute Gasteiger partial charge is 0.309 e. The maximum absolute atomic E-state index is 13.6. The molecule has 4 saturated carbocycles. The number of amides is 1. The Hall–Kier alpha value is -3.67. The van der Waals surface area contributed by atoms with Crippen molar-refractivity contribution in [2.45, 2.75) is 44.2 Å². The van der Waals surface area contributed by atoms with E-state index in [4.69, 9.17) is 4.98 Å². The number of rotatable bonds is 6. The van der Waals surface area contributed by atoms with Gasteiger partial charge in [0, 0.05) is 22.5 Å². The lowest BCUT2D eigenvalue weighted by molar-refractivity contribution is -0.236. The third-order valence-electron chi connectivity index (χ3n) is 8.62. The van der Waals surface area contributed by atoms with Crippen LogP contribution in [-0.4, -0.2) is 32.1 Å². The largest absolute Gasteiger partial charge is 0.481 e. The van der Waals surface area contributed by atoms with Crippen LogP contribution in [0.5, 0.6) is 0 Å². The van der Waals surface area contributed by atoms with Gasteiger partial charge in [0.25, 0.3) is 5.91 Å². The third-order valence-corrected chi connectivity index (χ3v) is 8.62. The van der Waals surface area contributed by atoms with Crippen LogP contribution in [0.2, 0.25) is 0 Å². The molecule has 2 aromatic heterocycles. The van der Waals surface area contributed by atoms with Gasteiger partial charge in [-0.25, -0.2) is 0 Å². The van der Waals surface area contributed by atoms with Gasteiger partial charge in [-0.2, -0.15) is 0 Å². The SMILES string of the molecule is O=C(NC1(C23CC(C(=O)O)(C2)C3)CC1)c1cccc2ccn(Cc3ccc4ccccc4n3)c12. The van der Waals surface area contributed by atoms with E-state index < -0.39 is 11.4 Å². The highest BCUT2D eigenvalue weighted by Gasteiger charge is 2.81. The van der Waals surface area contributed by atoms with Gasteiger partial charge in [-0.1, -0.05) is 36.4 Å². The first-order valence-electron chi connectivity index (χ1n) is 11.9. The summed E-state index contributed by atoms with van der Waals surface area (Å²) in [5.74, 6) is -0.745. The lowest BCUT2D eigenvalue weighted by atomic mass is 9.32. The zero-order chi connectivity index (χ0) is 23.1. The van der Waals surface area contributed by atoms with E-state index in [-0.39, 0.29) is 16.9 Å². The molecular weight excluding hydrogens is 426 g/mol. The van der Waals surface area contributed by atoms with Gasteiger partial charge in [0.05, 0.1) is 34.3 Å². The lowest BCUT2D eigenvalue weighted by Gasteiger charge is -2.71. The summed E-state index contributed by atoms with van der Waals surface area (Å²) < 4.78 is 2.10. The Bertz CT molecular complexity index is 1490. The number of benzene rings is 2. The molecular formula is C28H25N3O3. The van der Waals surface area contributed by atoms with Crippen molar-refractivity contribution < 1.29 is 14.7 Å². The van der Waals surface area contributed by atoms with Crippen LogP contribution >= 0.6 is 0 Å². The van der Waals surface area contributed by atoms with E-state index in [1.165, 1.54) is 0 Å². The molecule has 2 N–H and O–H groups in total. The second-order valence-electron chi connectivity index (χ2n) is 10.6. The summed E-state index contributed by atoms with van der Waals surface area (Å²) in [7, 11) is 0. The van der Waals surface area contributed by atoms with Crippen LogP contribution in [0.3, 0.4) is 0 Å². The Kier molecular flexibility index (Phi) is 3.76. The van der Waals surface area contributed by atoms with Crippen molar-refractivity contribution in [2.24, 2.45) is 10.8 Å². The van der Waals surface area contributed by atoms with E-state index in [0.717, 1.165) is 40.3 Å². The molecule has 1 amide bonds. The van der Waals surface area contributed by atoms with Crippen molar-refractivity contribution in [1.29, 1.82) is 0 Å². The summed E-state index contributed by atoms with van der Waals surface area (Å²) in [6, 6.07) is 20.1. The predicted molar refractivity (Wildman–Crippen MR) is 129 cm³/mol. The summed E-state index contributed by atoms with van der Waals surface area (Å²) in [5, 5.41) is 15.0. The molecule has 2 heterocycles. The van der Waals surface area contributed by atoms with Gasteiger partial charge in [0.2, 0.25) is 0 Å². The Labute approximate surface area is 196 Å². The van der Waals surface area contributed by atoms with Gasteiger partial charge in [-0.15, -0.1) is 0 Å². The molecule has 2 bridgehead atoms. The zero-order valence-electron chi connectivity index (χ0n) is 18.8.